The number of hydrogen-bond donors (Lipinski definition) is 2. The van der Waals surface area contributed by atoms with Gasteiger partial charge in [-0.2, -0.15) is 0 Å². The summed E-state index contributed by atoms with van der Waals surface area (Å²) in [7, 11) is 0. The number of halogens is 1. The van der Waals surface area contributed by atoms with E-state index >= 15 is 0 Å². The third kappa shape index (κ3) is 2.93. The lowest BCUT2D eigenvalue weighted by Gasteiger charge is -2.23. The summed E-state index contributed by atoms with van der Waals surface area (Å²) in [6.45, 7) is 0. The highest BCUT2D eigenvalue weighted by molar-refractivity contribution is 9.10. The summed E-state index contributed by atoms with van der Waals surface area (Å²) in [5.41, 5.74) is 0.990. The van der Waals surface area contributed by atoms with Crippen molar-refractivity contribution in [2.75, 3.05) is 0 Å². The maximum absolute atomic E-state index is 11.4. The average Bonchev–Trinajstić information content (AvgIpc) is 2.74. The second kappa shape index (κ2) is 5.85. The van der Waals surface area contributed by atoms with Crippen molar-refractivity contribution >= 4 is 21.9 Å². The van der Waals surface area contributed by atoms with Crippen molar-refractivity contribution in [3.8, 4) is 0 Å². The van der Waals surface area contributed by atoms with Crippen molar-refractivity contribution in [2.45, 2.75) is 31.8 Å². The summed E-state index contributed by atoms with van der Waals surface area (Å²) in [6, 6.07) is 7.67. The third-order valence-electron chi connectivity index (χ3n) is 3.76. The van der Waals surface area contributed by atoms with Gasteiger partial charge in [0.05, 0.1) is 12.0 Å². The van der Waals surface area contributed by atoms with Crippen LogP contribution >= 0.6 is 15.9 Å². The van der Waals surface area contributed by atoms with E-state index in [2.05, 4.69) is 15.9 Å². The molecule has 2 N–H and O–H groups in total. The zero-order chi connectivity index (χ0) is 13.1. The highest BCUT2D eigenvalue weighted by atomic mass is 79.9. The molecule has 0 bridgehead atoms. The summed E-state index contributed by atoms with van der Waals surface area (Å²) in [6.07, 6.45) is 2.46. The van der Waals surface area contributed by atoms with Gasteiger partial charge in [0.15, 0.2) is 0 Å². The van der Waals surface area contributed by atoms with Crippen LogP contribution in [0.15, 0.2) is 28.7 Å². The zero-order valence-electron chi connectivity index (χ0n) is 10.1. The minimum absolute atomic E-state index is 0.116. The number of aliphatic hydroxyl groups is 1. The minimum atomic E-state index is -0.809. The van der Waals surface area contributed by atoms with Gasteiger partial charge in [0.2, 0.25) is 0 Å². The SMILES string of the molecule is O=C(O)C(Cc1ccccc1Br)C1CCCC1O. The molecule has 1 saturated carbocycles. The van der Waals surface area contributed by atoms with E-state index in [1.165, 1.54) is 0 Å². The van der Waals surface area contributed by atoms with E-state index in [9.17, 15) is 15.0 Å². The Hall–Kier alpha value is -0.870. The molecule has 98 valence electrons. The molecule has 0 heterocycles. The Morgan fingerprint density at radius 3 is 2.67 bits per heavy atom. The smallest absolute Gasteiger partial charge is 0.307 e. The third-order valence-corrected chi connectivity index (χ3v) is 4.54. The summed E-state index contributed by atoms with van der Waals surface area (Å²) in [4.78, 5) is 11.4. The fourth-order valence-corrected chi connectivity index (χ4v) is 3.21. The molecular weight excluding hydrogens is 296 g/mol. The summed E-state index contributed by atoms with van der Waals surface area (Å²) in [5, 5.41) is 19.3. The van der Waals surface area contributed by atoms with E-state index in [-0.39, 0.29) is 5.92 Å². The van der Waals surface area contributed by atoms with Gasteiger partial charge < -0.3 is 10.2 Å². The van der Waals surface area contributed by atoms with Gasteiger partial charge in [-0.05, 0) is 36.8 Å². The Morgan fingerprint density at radius 2 is 2.11 bits per heavy atom. The first kappa shape index (κ1) is 13.6. The summed E-state index contributed by atoms with van der Waals surface area (Å²) in [5.74, 6) is -1.42. The average molecular weight is 313 g/mol. The van der Waals surface area contributed by atoms with E-state index in [0.717, 1.165) is 29.3 Å². The maximum Gasteiger partial charge on any atom is 0.307 e. The highest BCUT2D eigenvalue weighted by Crippen LogP contribution is 2.34. The fraction of sp³-hybridized carbons (Fsp3) is 0.500. The molecule has 0 amide bonds. The van der Waals surface area contributed by atoms with Crippen LogP contribution in [-0.2, 0) is 11.2 Å². The molecule has 1 aliphatic carbocycles. The second-order valence-electron chi connectivity index (χ2n) is 4.90. The van der Waals surface area contributed by atoms with E-state index in [1.54, 1.807) is 0 Å². The van der Waals surface area contributed by atoms with Crippen molar-refractivity contribution in [3.05, 3.63) is 34.3 Å². The van der Waals surface area contributed by atoms with Crippen molar-refractivity contribution in [3.63, 3.8) is 0 Å². The standard InChI is InChI=1S/C14H17BrO3/c15-12-6-2-1-4-9(12)8-11(14(17)18)10-5-3-7-13(10)16/h1-2,4,6,10-11,13,16H,3,5,7-8H2,(H,17,18). The monoisotopic (exact) mass is 312 g/mol. The van der Waals surface area contributed by atoms with Crippen LogP contribution < -0.4 is 0 Å². The number of benzene rings is 1. The lowest BCUT2D eigenvalue weighted by atomic mass is 9.84. The Bertz CT molecular complexity index is 433. The quantitative estimate of drug-likeness (QED) is 0.898. The Morgan fingerprint density at radius 1 is 1.39 bits per heavy atom. The van der Waals surface area contributed by atoms with E-state index in [1.807, 2.05) is 24.3 Å². The fourth-order valence-electron chi connectivity index (χ4n) is 2.76. The van der Waals surface area contributed by atoms with Crippen molar-refractivity contribution < 1.29 is 15.0 Å². The molecule has 0 aliphatic heterocycles. The molecule has 0 saturated heterocycles. The van der Waals surface area contributed by atoms with Crippen LogP contribution in [0.2, 0.25) is 0 Å². The molecule has 0 radical (unpaired) electrons. The number of aliphatic carboxylic acids is 1. The molecule has 1 aliphatic rings. The van der Waals surface area contributed by atoms with Gasteiger partial charge >= 0.3 is 5.97 Å². The van der Waals surface area contributed by atoms with Crippen LogP contribution in [0.1, 0.15) is 24.8 Å². The number of carbonyl (C=O) groups is 1. The van der Waals surface area contributed by atoms with Gasteiger partial charge in [-0.1, -0.05) is 40.5 Å². The molecule has 2 rings (SSSR count). The largest absolute Gasteiger partial charge is 0.481 e. The molecule has 18 heavy (non-hydrogen) atoms. The Balaban J connectivity index is 2.17. The lowest BCUT2D eigenvalue weighted by Crippen LogP contribution is -2.30. The zero-order valence-corrected chi connectivity index (χ0v) is 11.6. The first-order valence-electron chi connectivity index (χ1n) is 6.24. The van der Waals surface area contributed by atoms with E-state index in [4.69, 9.17) is 0 Å². The van der Waals surface area contributed by atoms with Crippen molar-refractivity contribution in [1.29, 1.82) is 0 Å². The molecule has 1 aromatic carbocycles. The molecule has 3 atom stereocenters. The number of carboxylic acid groups (broad SMARTS) is 1. The van der Waals surface area contributed by atoms with Crippen LogP contribution in [0.4, 0.5) is 0 Å². The minimum Gasteiger partial charge on any atom is -0.481 e. The summed E-state index contributed by atoms with van der Waals surface area (Å²) >= 11 is 3.44. The number of hydrogen-bond acceptors (Lipinski definition) is 2. The van der Waals surface area contributed by atoms with Gasteiger partial charge in [-0.25, -0.2) is 0 Å². The molecule has 0 spiro atoms. The molecule has 3 nitrogen and oxygen atoms in total. The van der Waals surface area contributed by atoms with Gasteiger partial charge in [0.1, 0.15) is 0 Å². The highest BCUT2D eigenvalue weighted by Gasteiger charge is 2.36. The van der Waals surface area contributed by atoms with E-state index < -0.39 is 18.0 Å². The first-order chi connectivity index (χ1) is 8.59. The van der Waals surface area contributed by atoms with Crippen molar-refractivity contribution in [2.24, 2.45) is 11.8 Å². The Kier molecular flexibility index (Phi) is 4.40. The topological polar surface area (TPSA) is 57.5 Å². The number of carboxylic acids is 1. The van der Waals surface area contributed by atoms with Crippen molar-refractivity contribution in [1.82, 2.24) is 0 Å². The molecule has 4 heteroatoms. The molecule has 1 aromatic rings. The van der Waals surface area contributed by atoms with Gasteiger partial charge in [-0.15, -0.1) is 0 Å². The normalized spacial score (nSPS) is 25.0. The van der Waals surface area contributed by atoms with Crippen LogP contribution in [0.25, 0.3) is 0 Å². The number of aliphatic hydroxyl groups excluding tert-OH is 1. The van der Waals surface area contributed by atoms with Crippen LogP contribution in [0, 0.1) is 11.8 Å². The predicted octanol–water partition coefficient (Wildman–Crippen LogP) is 2.85. The van der Waals surface area contributed by atoms with Gasteiger partial charge in [0, 0.05) is 4.47 Å². The molecule has 3 unspecified atom stereocenters. The van der Waals surface area contributed by atoms with Gasteiger partial charge in [0.25, 0.3) is 0 Å². The molecular formula is C14H17BrO3. The maximum atomic E-state index is 11.4. The predicted molar refractivity (Wildman–Crippen MR) is 72.3 cm³/mol. The van der Waals surface area contributed by atoms with Gasteiger partial charge in [-0.3, -0.25) is 4.79 Å². The molecule has 1 fully saturated rings. The number of rotatable bonds is 4. The van der Waals surface area contributed by atoms with Crippen LogP contribution in [-0.4, -0.2) is 22.3 Å². The van der Waals surface area contributed by atoms with Crippen LogP contribution in [0.3, 0.4) is 0 Å². The Labute approximate surface area is 115 Å². The lowest BCUT2D eigenvalue weighted by molar-refractivity contribution is -0.145. The first-order valence-corrected chi connectivity index (χ1v) is 7.03. The second-order valence-corrected chi connectivity index (χ2v) is 5.76. The van der Waals surface area contributed by atoms with Crippen LogP contribution in [0.5, 0.6) is 0 Å². The summed E-state index contributed by atoms with van der Waals surface area (Å²) < 4.78 is 0.934. The van der Waals surface area contributed by atoms with E-state index in [0.29, 0.717) is 6.42 Å². The molecule has 0 aromatic heterocycles.